The maximum atomic E-state index is 12.2. The van der Waals surface area contributed by atoms with E-state index in [9.17, 15) is 9.90 Å². The molecule has 0 radical (unpaired) electrons. The van der Waals surface area contributed by atoms with Crippen molar-refractivity contribution in [1.29, 1.82) is 0 Å². The molecule has 23 heavy (non-hydrogen) atoms. The number of aliphatic hydroxyl groups excluding tert-OH is 1. The number of anilines is 1. The molecule has 5 nitrogen and oxygen atoms in total. The standard InChI is InChI=1S/C18H20N2O3/c1-2-23-14-9-7-13(8-10-14)19-18(22)20-17-15-6-4-3-5-12(15)11-16(17)21/h3-10,16-17,21H,2,11H2,1H3,(H2,19,20,22)/t16-,17+/m1/s1. The van der Waals surface area contributed by atoms with Crippen LogP contribution in [0.5, 0.6) is 5.75 Å². The summed E-state index contributed by atoms with van der Waals surface area (Å²) in [7, 11) is 0. The Kier molecular flexibility index (Phi) is 4.48. The SMILES string of the molecule is CCOc1ccc(NC(=O)N[C@H]2c3ccccc3C[C@H]2O)cc1. The van der Waals surface area contributed by atoms with Crippen molar-refractivity contribution in [2.45, 2.75) is 25.5 Å². The van der Waals surface area contributed by atoms with Crippen molar-refractivity contribution in [2.75, 3.05) is 11.9 Å². The Morgan fingerprint density at radius 1 is 1.22 bits per heavy atom. The number of urea groups is 1. The van der Waals surface area contributed by atoms with Crippen molar-refractivity contribution in [3.8, 4) is 5.75 Å². The van der Waals surface area contributed by atoms with E-state index >= 15 is 0 Å². The first-order chi connectivity index (χ1) is 11.2. The zero-order chi connectivity index (χ0) is 16.2. The normalized spacial score (nSPS) is 19.0. The van der Waals surface area contributed by atoms with E-state index in [1.165, 1.54) is 0 Å². The first-order valence-electron chi connectivity index (χ1n) is 7.73. The summed E-state index contributed by atoms with van der Waals surface area (Å²) < 4.78 is 5.37. The minimum atomic E-state index is -0.599. The molecule has 0 aromatic heterocycles. The van der Waals surface area contributed by atoms with Crippen LogP contribution in [0.25, 0.3) is 0 Å². The summed E-state index contributed by atoms with van der Waals surface area (Å²) in [5, 5.41) is 15.8. The number of ether oxygens (including phenoxy) is 1. The number of rotatable bonds is 4. The van der Waals surface area contributed by atoms with Crippen LogP contribution in [0, 0.1) is 0 Å². The Morgan fingerprint density at radius 2 is 1.96 bits per heavy atom. The van der Waals surface area contributed by atoms with Gasteiger partial charge in [-0.05, 0) is 42.3 Å². The van der Waals surface area contributed by atoms with E-state index in [0.717, 1.165) is 16.9 Å². The predicted octanol–water partition coefficient (Wildman–Crippen LogP) is 2.87. The van der Waals surface area contributed by atoms with Crippen molar-refractivity contribution >= 4 is 11.7 Å². The highest BCUT2D eigenvalue weighted by molar-refractivity contribution is 5.89. The molecule has 120 valence electrons. The number of amides is 2. The predicted molar refractivity (Wildman–Crippen MR) is 88.7 cm³/mol. The van der Waals surface area contributed by atoms with E-state index in [-0.39, 0.29) is 12.1 Å². The quantitative estimate of drug-likeness (QED) is 0.813. The Morgan fingerprint density at radius 3 is 2.70 bits per heavy atom. The van der Waals surface area contributed by atoms with Crippen LogP contribution in [0.2, 0.25) is 0 Å². The van der Waals surface area contributed by atoms with E-state index < -0.39 is 6.10 Å². The first-order valence-corrected chi connectivity index (χ1v) is 7.73. The summed E-state index contributed by atoms with van der Waals surface area (Å²) in [5.41, 5.74) is 2.72. The number of nitrogens with one attached hydrogen (secondary N) is 2. The van der Waals surface area contributed by atoms with Gasteiger partial charge in [0.1, 0.15) is 5.75 Å². The third kappa shape index (κ3) is 3.46. The lowest BCUT2D eigenvalue weighted by atomic mass is 10.1. The Bertz CT molecular complexity index is 685. The van der Waals surface area contributed by atoms with Crippen LogP contribution in [-0.4, -0.2) is 23.8 Å². The lowest BCUT2D eigenvalue weighted by Crippen LogP contribution is -2.36. The molecule has 1 aliphatic carbocycles. The van der Waals surface area contributed by atoms with Crippen LogP contribution in [0.3, 0.4) is 0 Å². The number of hydrogen-bond donors (Lipinski definition) is 3. The molecule has 0 aliphatic heterocycles. The van der Waals surface area contributed by atoms with E-state index in [2.05, 4.69) is 10.6 Å². The summed E-state index contributed by atoms with van der Waals surface area (Å²) in [6.45, 7) is 2.52. The molecule has 5 heteroatoms. The van der Waals surface area contributed by atoms with Gasteiger partial charge in [-0.15, -0.1) is 0 Å². The second-order valence-corrected chi connectivity index (χ2v) is 5.50. The monoisotopic (exact) mass is 312 g/mol. The van der Waals surface area contributed by atoms with Crippen molar-refractivity contribution in [2.24, 2.45) is 0 Å². The fourth-order valence-corrected chi connectivity index (χ4v) is 2.86. The van der Waals surface area contributed by atoms with Crippen LogP contribution in [0.15, 0.2) is 48.5 Å². The molecule has 2 atom stereocenters. The smallest absolute Gasteiger partial charge is 0.319 e. The van der Waals surface area contributed by atoms with Gasteiger partial charge in [-0.3, -0.25) is 0 Å². The van der Waals surface area contributed by atoms with Crippen molar-refractivity contribution in [1.82, 2.24) is 5.32 Å². The Hall–Kier alpha value is -2.53. The lowest BCUT2D eigenvalue weighted by molar-refractivity contribution is 0.144. The van der Waals surface area contributed by atoms with Gasteiger partial charge in [0.25, 0.3) is 0 Å². The second kappa shape index (κ2) is 6.71. The minimum absolute atomic E-state index is 0.338. The van der Waals surface area contributed by atoms with Crippen LogP contribution in [0.1, 0.15) is 24.1 Å². The van der Waals surface area contributed by atoms with Gasteiger partial charge in [-0.1, -0.05) is 24.3 Å². The van der Waals surface area contributed by atoms with E-state index in [4.69, 9.17) is 4.74 Å². The zero-order valence-corrected chi connectivity index (χ0v) is 13.0. The van der Waals surface area contributed by atoms with Gasteiger partial charge < -0.3 is 20.5 Å². The second-order valence-electron chi connectivity index (χ2n) is 5.50. The van der Waals surface area contributed by atoms with Crippen LogP contribution in [-0.2, 0) is 6.42 Å². The molecule has 0 heterocycles. The third-order valence-corrected chi connectivity index (χ3v) is 3.91. The highest BCUT2D eigenvalue weighted by Gasteiger charge is 2.31. The molecular formula is C18H20N2O3. The number of hydrogen-bond acceptors (Lipinski definition) is 3. The van der Waals surface area contributed by atoms with Crippen LogP contribution < -0.4 is 15.4 Å². The van der Waals surface area contributed by atoms with E-state index in [0.29, 0.717) is 18.7 Å². The van der Waals surface area contributed by atoms with Crippen molar-refractivity contribution in [3.05, 3.63) is 59.7 Å². The maximum Gasteiger partial charge on any atom is 0.319 e. The summed E-state index contributed by atoms with van der Waals surface area (Å²) in [6.07, 6.45) is -0.0389. The fourth-order valence-electron chi connectivity index (χ4n) is 2.86. The highest BCUT2D eigenvalue weighted by atomic mass is 16.5. The van der Waals surface area contributed by atoms with Gasteiger partial charge in [0.2, 0.25) is 0 Å². The number of carbonyl (C=O) groups is 1. The molecule has 0 bridgehead atoms. The molecule has 1 aliphatic rings. The summed E-state index contributed by atoms with van der Waals surface area (Å²) in [4.78, 5) is 12.2. The van der Waals surface area contributed by atoms with Gasteiger partial charge in [-0.25, -0.2) is 4.79 Å². The molecule has 0 saturated carbocycles. The van der Waals surface area contributed by atoms with Gasteiger partial charge in [0, 0.05) is 12.1 Å². The molecule has 2 amide bonds. The largest absolute Gasteiger partial charge is 0.494 e. The molecule has 2 aromatic carbocycles. The van der Waals surface area contributed by atoms with Gasteiger partial charge in [-0.2, -0.15) is 0 Å². The molecule has 0 fully saturated rings. The molecular weight excluding hydrogens is 292 g/mol. The summed E-state index contributed by atoms with van der Waals surface area (Å²) >= 11 is 0. The number of carbonyl (C=O) groups excluding carboxylic acids is 1. The van der Waals surface area contributed by atoms with Crippen LogP contribution in [0.4, 0.5) is 10.5 Å². The lowest BCUT2D eigenvalue weighted by Gasteiger charge is -2.18. The van der Waals surface area contributed by atoms with Gasteiger partial charge in [0.15, 0.2) is 0 Å². The molecule has 0 spiro atoms. The summed E-state index contributed by atoms with van der Waals surface area (Å²) in [6, 6.07) is 14.2. The Balaban J connectivity index is 1.63. The topological polar surface area (TPSA) is 70.6 Å². The number of fused-ring (bicyclic) bond motifs is 1. The van der Waals surface area contributed by atoms with E-state index in [1.807, 2.05) is 31.2 Å². The zero-order valence-electron chi connectivity index (χ0n) is 13.0. The number of aliphatic hydroxyl groups is 1. The molecule has 3 N–H and O–H groups in total. The van der Waals surface area contributed by atoms with Crippen molar-refractivity contribution < 1.29 is 14.6 Å². The highest BCUT2D eigenvalue weighted by Crippen LogP contribution is 2.31. The van der Waals surface area contributed by atoms with Gasteiger partial charge >= 0.3 is 6.03 Å². The van der Waals surface area contributed by atoms with Crippen LogP contribution >= 0.6 is 0 Å². The van der Waals surface area contributed by atoms with E-state index in [1.54, 1.807) is 24.3 Å². The number of benzene rings is 2. The Labute approximate surface area is 135 Å². The average molecular weight is 312 g/mol. The first kappa shape index (κ1) is 15.4. The molecule has 3 rings (SSSR count). The third-order valence-electron chi connectivity index (χ3n) is 3.91. The molecule has 2 aromatic rings. The fraction of sp³-hybridized carbons (Fsp3) is 0.278. The summed E-state index contributed by atoms with van der Waals surface area (Å²) in [5.74, 6) is 0.763. The molecule has 0 saturated heterocycles. The maximum absolute atomic E-state index is 12.2. The van der Waals surface area contributed by atoms with Gasteiger partial charge in [0.05, 0.1) is 18.8 Å². The average Bonchev–Trinajstić information content (AvgIpc) is 2.85. The minimum Gasteiger partial charge on any atom is -0.494 e. The molecule has 0 unspecified atom stereocenters. The van der Waals surface area contributed by atoms with Crippen molar-refractivity contribution in [3.63, 3.8) is 0 Å².